The van der Waals surface area contributed by atoms with E-state index in [1.165, 1.54) is 0 Å². The van der Waals surface area contributed by atoms with Crippen molar-refractivity contribution in [1.82, 2.24) is 0 Å². The maximum absolute atomic E-state index is 5.25. The smallest absolute Gasteiger partial charge is 0.107 e. The predicted octanol–water partition coefficient (Wildman–Crippen LogP) is 1.34. The summed E-state index contributed by atoms with van der Waals surface area (Å²) in [6, 6.07) is 3.83. The first-order chi connectivity index (χ1) is 4.93. The molecule has 54 valence electrons. The van der Waals surface area contributed by atoms with Crippen molar-refractivity contribution >= 4 is 0 Å². The number of allylic oxidation sites excluding steroid dienone is 1. The van der Waals surface area contributed by atoms with Gasteiger partial charge in [-0.1, -0.05) is 12.2 Å². The average Bonchev–Trinajstić information content (AvgIpc) is 2.41. The SMILES string of the molecule is NC/C=C\Cc1ccco1. The van der Waals surface area contributed by atoms with Gasteiger partial charge in [0.15, 0.2) is 0 Å². The first-order valence-electron chi connectivity index (χ1n) is 3.31. The average molecular weight is 137 g/mol. The first-order valence-corrected chi connectivity index (χ1v) is 3.31. The van der Waals surface area contributed by atoms with Crippen LogP contribution in [0.1, 0.15) is 5.76 Å². The van der Waals surface area contributed by atoms with E-state index in [0.29, 0.717) is 6.54 Å². The number of hydrogen-bond acceptors (Lipinski definition) is 2. The fourth-order valence-electron chi connectivity index (χ4n) is 0.724. The van der Waals surface area contributed by atoms with E-state index in [4.69, 9.17) is 10.2 Å². The maximum Gasteiger partial charge on any atom is 0.107 e. The van der Waals surface area contributed by atoms with Gasteiger partial charge >= 0.3 is 0 Å². The fraction of sp³-hybridized carbons (Fsp3) is 0.250. The molecule has 1 aromatic heterocycles. The summed E-state index contributed by atoms with van der Waals surface area (Å²) in [7, 11) is 0. The highest BCUT2D eigenvalue weighted by atomic mass is 16.3. The van der Waals surface area contributed by atoms with Crippen molar-refractivity contribution in [2.24, 2.45) is 5.73 Å². The highest BCUT2D eigenvalue weighted by molar-refractivity contribution is 5.03. The van der Waals surface area contributed by atoms with Crippen molar-refractivity contribution in [1.29, 1.82) is 0 Å². The summed E-state index contributed by atoms with van der Waals surface area (Å²) in [6.07, 6.45) is 6.43. The van der Waals surface area contributed by atoms with Gasteiger partial charge in [0.05, 0.1) is 6.26 Å². The molecular weight excluding hydrogens is 126 g/mol. The van der Waals surface area contributed by atoms with Crippen LogP contribution in [0.4, 0.5) is 0 Å². The Kier molecular flexibility index (Phi) is 2.77. The molecule has 2 heteroatoms. The molecule has 0 amide bonds. The van der Waals surface area contributed by atoms with Gasteiger partial charge in [-0.3, -0.25) is 0 Å². The Balaban J connectivity index is 2.34. The third-order valence-electron chi connectivity index (χ3n) is 1.20. The summed E-state index contributed by atoms with van der Waals surface area (Å²) in [4.78, 5) is 0. The van der Waals surface area contributed by atoms with Gasteiger partial charge in [-0.15, -0.1) is 0 Å². The Hall–Kier alpha value is -1.02. The Bertz CT molecular complexity index is 189. The molecular formula is C8H11NO. The minimum absolute atomic E-state index is 0.598. The van der Waals surface area contributed by atoms with Crippen LogP contribution in [-0.4, -0.2) is 6.54 Å². The van der Waals surface area contributed by atoms with E-state index in [1.807, 2.05) is 24.3 Å². The largest absolute Gasteiger partial charge is 0.469 e. The Morgan fingerprint density at radius 3 is 3.00 bits per heavy atom. The molecule has 0 unspecified atom stereocenters. The van der Waals surface area contributed by atoms with E-state index < -0.39 is 0 Å². The van der Waals surface area contributed by atoms with Gasteiger partial charge in [-0.05, 0) is 12.1 Å². The van der Waals surface area contributed by atoms with Crippen LogP contribution >= 0.6 is 0 Å². The summed E-state index contributed by atoms with van der Waals surface area (Å²) in [6.45, 7) is 0.598. The van der Waals surface area contributed by atoms with Crippen LogP contribution in [-0.2, 0) is 6.42 Å². The van der Waals surface area contributed by atoms with Gasteiger partial charge < -0.3 is 10.2 Å². The van der Waals surface area contributed by atoms with Crippen LogP contribution < -0.4 is 5.73 Å². The lowest BCUT2D eigenvalue weighted by Gasteiger charge is -1.85. The molecule has 2 nitrogen and oxygen atoms in total. The molecule has 1 aromatic rings. The van der Waals surface area contributed by atoms with E-state index in [-0.39, 0.29) is 0 Å². The molecule has 0 saturated carbocycles. The van der Waals surface area contributed by atoms with E-state index >= 15 is 0 Å². The topological polar surface area (TPSA) is 39.2 Å². The molecule has 0 radical (unpaired) electrons. The lowest BCUT2D eigenvalue weighted by Crippen LogP contribution is -1.92. The Labute approximate surface area is 60.3 Å². The lowest BCUT2D eigenvalue weighted by molar-refractivity contribution is 0.523. The normalized spacial score (nSPS) is 10.9. The minimum Gasteiger partial charge on any atom is -0.469 e. The Morgan fingerprint density at radius 2 is 2.40 bits per heavy atom. The van der Waals surface area contributed by atoms with E-state index in [0.717, 1.165) is 12.2 Å². The molecule has 0 bridgehead atoms. The van der Waals surface area contributed by atoms with Crippen molar-refractivity contribution in [3.8, 4) is 0 Å². The highest BCUT2D eigenvalue weighted by Gasteiger charge is 1.87. The summed E-state index contributed by atoms with van der Waals surface area (Å²) in [5, 5.41) is 0. The number of rotatable bonds is 3. The second kappa shape index (κ2) is 3.90. The van der Waals surface area contributed by atoms with Gasteiger partial charge in [-0.25, -0.2) is 0 Å². The minimum atomic E-state index is 0.598. The molecule has 0 aliphatic heterocycles. The molecule has 0 saturated heterocycles. The number of hydrogen-bond donors (Lipinski definition) is 1. The highest BCUT2D eigenvalue weighted by Crippen LogP contribution is 2.00. The summed E-state index contributed by atoms with van der Waals surface area (Å²) < 4.78 is 5.09. The number of furan rings is 1. The van der Waals surface area contributed by atoms with Gasteiger partial charge in [-0.2, -0.15) is 0 Å². The molecule has 0 fully saturated rings. The molecule has 1 heterocycles. The van der Waals surface area contributed by atoms with Crippen molar-refractivity contribution in [2.75, 3.05) is 6.54 Å². The summed E-state index contributed by atoms with van der Waals surface area (Å²) in [5.74, 6) is 0.977. The molecule has 1 rings (SSSR count). The standard InChI is InChI=1S/C8H11NO/c9-6-2-1-4-8-5-3-7-10-8/h1-3,5,7H,4,6,9H2/b2-1-. The van der Waals surface area contributed by atoms with Crippen LogP contribution in [0, 0.1) is 0 Å². The van der Waals surface area contributed by atoms with Gasteiger partial charge in [0.25, 0.3) is 0 Å². The second-order valence-electron chi connectivity index (χ2n) is 1.99. The monoisotopic (exact) mass is 137 g/mol. The summed E-state index contributed by atoms with van der Waals surface area (Å²) >= 11 is 0. The molecule has 0 aliphatic rings. The van der Waals surface area contributed by atoms with Crippen molar-refractivity contribution in [3.05, 3.63) is 36.3 Å². The van der Waals surface area contributed by atoms with Crippen LogP contribution in [0.2, 0.25) is 0 Å². The summed E-state index contributed by atoms with van der Waals surface area (Å²) in [5.41, 5.74) is 5.25. The van der Waals surface area contributed by atoms with Crippen LogP contribution in [0.3, 0.4) is 0 Å². The quantitative estimate of drug-likeness (QED) is 0.638. The van der Waals surface area contributed by atoms with Gasteiger partial charge in [0.1, 0.15) is 5.76 Å². The van der Waals surface area contributed by atoms with Gasteiger partial charge in [0.2, 0.25) is 0 Å². The van der Waals surface area contributed by atoms with Gasteiger partial charge in [0, 0.05) is 13.0 Å². The molecule has 0 aliphatic carbocycles. The van der Waals surface area contributed by atoms with Crippen molar-refractivity contribution in [2.45, 2.75) is 6.42 Å². The van der Waals surface area contributed by atoms with Crippen LogP contribution in [0.5, 0.6) is 0 Å². The molecule has 10 heavy (non-hydrogen) atoms. The zero-order valence-corrected chi connectivity index (χ0v) is 5.79. The third-order valence-corrected chi connectivity index (χ3v) is 1.20. The van der Waals surface area contributed by atoms with E-state index in [9.17, 15) is 0 Å². The maximum atomic E-state index is 5.25. The van der Waals surface area contributed by atoms with E-state index in [1.54, 1.807) is 6.26 Å². The third kappa shape index (κ3) is 2.07. The van der Waals surface area contributed by atoms with Crippen LogP contribution in [0.25, 0.3) is 0 Å². The Morgan fingerprint density at radius 1 is 1.50 bits per heavy atom. The predicted molar refractivity (Wildman–Crippen MR) is 40.6 cm³/mol. The molecule has 2 N–H and O–H groups in total. The second-order valence-corrected chi connectivity index (χ2v) is 1.99. The number of nitrogens with two attached hydrogens (primary N) is 1. The molecule has 0 aromatic carbocycles. The molecule has 0 spiro atoms. The van der Waals surface area contributed by atoms with Crippen molar-refractivity contribution in [3.63, 3.8) is 0 Å². The van der Waals surface area contributed by atoms with Crippen molar-refractivity contribution < 1.29 is 4.42 Å². The zero-order chi connectivity index (χ0) is 7.23. The lowest BCUT2D eigenvalue weighted by atomic mass is 10.3. The zero-order valence-electron chi connectivity index (χ0n) is 5.79. The first kappa shape index (κ1) is 7.09. The van der Waals surface area contributed by atoms with E-state index in [2.05, 4.69) is 0 Å². The molecule has 0 atom stereocenters. The van der Waals surface area contributed by atoms with Crippen LogP contribution in [0.15, 0.2) is 35.0 Å². The fourth-order valence-corrected chi connectivity index (χ4v) is 0.724.